The van der Waals surface area contributed by atoms with Crippen LogP contribution in [0, 0.1) is 18.3 Å². The topological polar surface area (TPSA) is 61.4 Å². The van der Waals surface area contributed by atoms with Gasteiger partial charge in [0.15, 0.2) is 5.78 Å². The molecule has 0 saturated carbocycles. The minimum absolute atomic E-state index is 0.250. The van der Waals surface area contributed by atoms with Gasteiger partial charge in [0.1, 0.15) is 12.1 Å². The first-order valence-corrected chi connectivity index (χ1v) is 11.1. The number of benzene rings is 2. The summed E-state index contributed by atoms with van der Waals surface area (Å²) in [6, 6.07) is 14.2. The van der Waals surface area contributed by atoms with Crippen LogP contribution in [0.15, 0.2) is 48.8 Å². The van der Waals surface area contributed by atoms with Gasteiger partial charge in [-0.25, -0.2) is 9.97 Å². The summed E-state index contributed by atoms with van der Waals surface area (Å²) in [4.78, 5) is 26.4. The van der Waals surface area contributed by atoms with Gasteiger partial charge in [-0.1, -0.05) is 18.1 Å². The van der Waals surface area contributed by atoms with E-state index in [1.807, 2.05) is 42.5 Å². The molecule has 3 aromatic rings. The minimum Gasteiger partial charge on any atom is -0.340 e. The molecule has 0 spiro atoms. The van der Waals surface area contributed by atoms with E-state index in [1.54, 1.807) is 6.33 Å². The Morgan fingerprint density at radius 2 is 2.12 bits per heavy atom. The number of hydrogen-bond donors (Lipinski definition) is 1. The number of anilines is 2. The van der Waals surface area contributed by atoms with Crippen molar-refractivity contribution >= 4 is 28.2 Å². The Morgan fingerprint density at radius 3 is 2.97 bits per heavy atom. The summed E-state index contributed by atoms with van der Waals surface area (Å²) >= 11 is 0. The third kappa shape index (κ3) is 4.22. The summed E-state index contributed by atoms with van der Waals surface area (Å²) in [5.74, 6) is 4.32. The predicted molar refractivity (Wildman–Crippen MR) is 127 cm³/mol. The molecule has 3 heterocycles. The van der Waals surface area contributed by atoms with Crippen molar-refractivity contribution in [1.29, 1.82) is 0 Å². The highest BCUT2D eigenvalue weighted by molar-refractivity contribution is 5.92. The summed E-state index contributed by atoms with van der Waals surface area (Å²) in [5, 5.41) is 4.23. The fraction of sp³-hybridized carbons (Fsp3) is 0.346. The normalized spacial score (nSPS) is 20.9. The average Bonchev–Trinajstić information content (AvgIpc) is 3.35. The van der Waals surface area contributed by atoms with Crippen LogP contribution in [0.1, 0.15) is 17.5 Å². The number of fused-ring (bicyclic) bond motifs is 2. The monoisotopic (exact) mass is 425 g/mol. The van der Waals surface area contributed by atoms with E-state index in [0.717, 1.165) is 40.8 Å². The van der Waals surface area contributed by atoms with Gasteiger partial charge in [-0.15, -0.1) is 6.42 Å². The van der Waals surface area contributed by atoms with E-state index in [1.165, 1.54) is 13.0 Å². The van der Waals surface area contributed by atoms with Crippen LogP contribution in [0.4, 0.5) is 11.5 Å². The lowest BCUT2D eigenvalue weighted by Crippen LogP contribution is -2.34. The van der Waals surface area contributed by atoms with Crippen LogP contribution >= 0.6 is 0 Å². The average molecular weight is 426 g/mol. The second-order valence-corrected chi connectivity index (χ2v) is 8.93. The van der Waals surface area contributed by atoms with Crippen LogP contribution in [0.2, 0.25) is 0 Å². The zero-order valence-corrected chi connectivity index (χ0v) is 18.3. The molecule has 2 saturated heterocycles. The fourth-order valence-electron chi connectivity index (χ4n) is 5.06. The van der Waals surface area contributed by atoms with Crippen LogP contribution in [0.5, 0.6) is 0 Å². The molecule has 2 aromatic carbocycles. The maximum atomic E-state index is 12.8. The Hall–Kier alpha value is -3.27. The van der Waals surface area contributed by atoms with Gasteiger partial charge < -0.3 is 10.2 Å². The molecule has 2 aliphatic rings. The molecule has 6 nitrogen and oxygen atoms in total. The van der Waals surface area contributed by atoms with E-state index in [0.29, 0.717) is 30.7 Å². The molecular weight excluding hydrogens is 398 g/mol. The second-order valence-electron chi connectivity index (χ2n) is 8.93. The number of rotatable bonds is 6. The number of hydrogen-bond acceptors (Lipinski definition) is 6. The Labute approximate surface area is 188 Å². The first-order valence-electron chi connectivity index (χ1n) is 11.1. The van der Waals surface area contributed by atoms with Gasteiger partial charge in [0, 0.05) is 42.2 Å². The number of likely N-dealkylation sites (N-methyl/N-ethyl adjacent to an activating group) is 1. The molecule has 2 atom stereocenters. The molecule has 0 amide bonds. The summed E-state index contributed by atoms with van der Waals surface area (Å²) in [6.07, 6.45) is 8.72. The van der Waals surface area contributed by atoms with Gasteiger partial charge >= 0.3 is 0 Å². The van der Waals surface area contributed by atoms with Crippen LogP contribution in [0.3, 0.4) is 0 Å². The van der Waals surface area contributed by atoms with Crippen LogP contribution < -0.4 is 5.32 Å². The zero-order chi connectivity index (χ0) is 22.1. The van der Waals surface area contributed by atoms with Crippen molar-refractivity contribution in [1.82, 2.24) is 19.8 Å². The van der Waals surface area contributed by atoms with E-state index in [-0.39, 0.29) is 5.78 Å². The zero-order valence-electron chi connectivity index (χ0n) is 18.3. The number of Topliss-reactive ketones (excluding diaryl/α,β-unsaturated/α-hetero) is 1. The lowest BCUT2D eigenvalue weighted by Gasteiger charge is -2.20. The molecule has 0 bridgehead atoms. The third-order valence-corrected chi connectivity index (χ3v) is 6.69. The number of aromatic nitrogens is 2. The number of nitrogens with one attached hydrogen (secondary N) is 1. The lowest BCUT2D eigenvalue weighted by atomic mass is 10.1. The molecule has 0 radical (unpaired) electrons. The molecule has 162 valence electrons. The fourth-order valence-corrected chi connectivity index (χ4v) is 5.06. The molecule has 1 aromatic heterocycles. The van der Waals surface area contributed by atoms with Gasteiger partial charge in [-0.2, -0.15) is 0 Å². The lowest BCUT2D eigenvalue weighted by molar-refractivity contribution is -0.119. The first kappa shape index (κ1) is 20.6. The largest absolute Gasteiger partial charge is 0.340 e. The molecular formula is C26H27N5O. The molecule has 5 rings (SSSR count). The summed E-state index contributed by atoms with van der Waals surface area (Å²) < 4.78 is 0. The highest BCUT2D eigenvalue weighted by Gasteiger charge is 2.39. The second kappa shape index (κ2) is 8.70. The first-order chi connectivity index (χ1) is 15.6. The van der Waals surface area contributed by atoms with Crippen molar-refractivity contribution in [2.24, 2.45) is 5.92 Å². The SMILES string of the molecule is C#Cc1cccc(Nc2ncnc3ccc(CC(=O)CN4CC5CCN(C)C5C4)cc23)c1. The Kier molecular flexibility index (Phi) is 5.60. The molecule has 1 N–H and O–H groups in total. The maximum absolute atomic E-state index is 12.8. The number of nitrogens with zero attached hydrogens (tertiary/aromatic N) is 4. The Bertz CT molecular complexity index is 1200. The number of terminal acetylenes is 1. The standard InChI is InChI=1S/C26H27N5O/c1-3-18-5-4-6-21(11-18)29-26-23-13-19(7-8-24(23)27-17-28-26)12-22(32)15-31-14-20-9-10-30(2)25(20)16-31/h1,4-8,11,13,17,20,25H,9-10,12,14-16H2,2H3,(H,27,28,29). The van der Waals surface area contributed by atoms with E-state index >= 15 is 0 Å². The number of likely N-dealkylation sites (tertiary alicyclic amines) is 2. The van der Waals surface area contributed by atoms with Crippen molar-refractivity contribution in [3.63, 3.8) is 0 Å². The molecule has 6 heteroatoms. The molecule has 32 heavy (non-hydrogen) atoms. The number of carbonyl (C=O) groups is 1. The van der Waals surface area contributed by atoms with Crippen molar-refractivity contribution in [3.8, 4) is 12.3 Å². The predicted octanol–water partition coefficient (Wildman–Crippen LogP) is 3.10. The van der Waals surface area contributed by atoms with Crippen molar-refractivity contribution in [2.45, 2.75) is 18.9 Å². The molecule has 2 unspecified atom stereocenters. The molecule has 2 aliphatic heterocycles. The van der Waals surface area contributed by atoms with Crippen molar-refractivity contribution < 1.29 is 4.79 Å². The Morgan fingerprint density at radius 1 is 1.22 bits per heavy atom. The van der Waals surface area contributed by atoms with Gasteiger partial charge in [0.05, 0.1) is 12.1 Å². The number of ketones is 1. The summed E-state index contributed by atoms with van der Waals surface area (Å²) in [6.45, 7) is 3.74. The smallest absolute Gasteiger partial charge is 0.151 e. The van der Waals surface area contributed by atoms with E-state index in [9.17, 15) is 4.79 Å². The van der Waals surface area contributed by atoms with Gasteiger partial charge in [-0.05, 0) is 61.8 Å². The van der Waals surface area contributed by atoms with Gasteiger partial charge in [-0.3, -0.25) is 9.69 Å². The maximum Gasteiger partial charge on any atom is 0.151 e. The number of carbonyl (C=O) groups excluding carboxylic acids is 1. The summed E-state index contributed by atoms with van der Waals surface area (Å²) in [5.41, 5.74) is 3.49. The van der Waals surface area contributed by atoms with Crippen molar-refractivity contribution in [2.75, 3.05) is 38.5 Å². The van der Waals surface area contributed by atoms with Crippen molar-refractivity contribution in [3.05, 3.63) is 59.9 Å². The highest BCUT2D eigenvalue weighted by atomic mass is 16.1. The van der Waals surface area contributed by atoms with E-state index < -0.39 is 0 Å². The molecule has 2 fully saturated rings. The quantitative estimate of drug-likeness (QED) is 0.613. The van der Waals surface area contributed by atoms with E-state index in [4.69, 9.17) is 6.42 Å². The third-order valence-electron chi connectivity index (χ3n) is 6.69. The van der Waals surface area contributed by atoms with Crippen LogP contribution in [-0.4, -0.2) is 64.8 Å². The minimum atomic E-state index is 0.250. The molecule has 0 aliphatic carbocycles. The Balaban J connectivity index is 1.30. The van der Waals surface area contributed by atoms with Gasteiger partial charge in [0.25, 0.3) is 0 Å². The van der Waals surface area contributed by atoms with E-state index in [2.05, 4.69) is 38.1 Å². The van der Waals surface area contributed by atoms with Crippen LogP contribution in [-0.2, 0) is 11.2 Å². The highest BCUT2D eigenvalue weighted by Crippen LogP contribution is 2.30. The summed E-state index contributed by atoms with van der Waals surface area (Å²) in [7, 11) is 2.20. The van der Waals surface area contributed by atoms with Crippen LogP contribution in [0.25, 0.3) is 10.9 Å². The van der Waals surface area contributed by atoms with Gasteiger partial charge in [0.2, 0.25) is 0 Å².